The highest BCUT2D eigenvalue weighted by Gasteiger charge is 2.06. The molecule has 2 aromatic heterocycles. The van der Waals surface area contributed by atoms with Crippen molar-refractivity contribution < 1.29 is 14.2 Å². The first kappa shape index (κ1) is 12.9. The van der Waals surface area contributed by atoms with E-state index in [-0.39, 0.29) is 0 Å². The molecule has 0 aliphatic heterocycles. The molecule has 0 unspecified atom stereocenters. The molecule has 92 valence electrons. The van der Waals surface area contributed by atoms with Crippen LogP contribution in [0.15, 0.2) is 36.8 Å². The van der Waals surface area contributed by atoms with Crippen LogP contribution in [0.5, 0.6) is 11.5 Å². The minimum absolute atomic E-state index is 0.750. The maximum atomic E-state index is 10.2. The van der Waals surface area contributed by atoms with Crippen molar-refractivity contribution in [3.05, 3.63) is 47.7 Å². The van der Waals surface area contributed by atoms with Crippen LogP contribution < -0.4 is 14.2 Å². The zero-order valence-electron chi connectivity index (χ0n) is 10.1. The minimum atomic E-state index is 0.750. The van der Waals surface area contributed by atoms with Gasteiger partial charge in [-0.2, -0.15) is 4.73 Å². The van der Waals surface area contributed by atoms with Crippen LogP contribution in [0, 0.1) is 12.1 Å². The molecule has 0 atom stereocenters. The van der Waals surface area contributed by atoms with Crippen LogP contribution in [0.3, 0.4) is 0 Å². The van der Waals surface area contributed by atoms with E-state index in [1.807, 2.05) is 6.92 Å². The number of aromatic nitrogens is 2. The van der Waals surface area contributed by atoms with Crippen molar-refractivity contribution in [3.63, 3.8) is 0 Å². The summed E-state index contributed by atoms with van der Waals surface area (Å²) in [5.41, 5.74) is 0.986. The van der Waals surface area contributed by atoms with Gasteiger partial charge in [0.2, 0.25) is 0 Å². The summed E-state index contributed by atoms with van der Waals surface area (Å²) in [6.45, 7) is 1.93. The van der Waals surface area contributed by atoms with E-state index < -0.39 is 0 Å². The predicted molar refractivity (Wildman–Crippen MR) is 64.0 cm³/mol. The molecule has 0 aromatic carbocycles. The Kier molecular flexibility index (Phi) is 4.87. The second-order valence-electron chi connectivity index (χ2n) is 3.25. The second kappa shape index (κ2) is 6.42. The van der Waals surface area contributed by atoms with E-state index >= 15 is 0 Å². The summed E-state index contributed by atoms with van der Waals surface area (Å²) < 4.78 is 10.8. The van der Waals surface area contributed by atoms with E-state index in [1.165, 1.54) is 12.4 Å². The molecule has 5 nitrogen and oxygen atoms in total. The van der Waals surface area contributed by atoms with Gasteiger partial charge in [0.1, 0.15) is 0 Å². The third-order valence-corrected chi connectivity index (χ3v) is 2.10. The topological polar surface area (TPSA) is 61.2 Å². The Labute approximate surface area is 100 Å². The van der Waals surface area contributed by atoms with Gasteiger partial charge >= 0.3 is 0 Å². The minimum Gasteiger partial charge on any atom is -0.619 e. The molecule has 0 saturated carbocycles. The lowest BCUT2D eigenvalue weighted by molar-refractivity contribution is -0.605. The maximum Gasteiger partial charge on any atom is 0.181 e. The van der Waals surface area contributed by atoms with Gasteiger partial charge in [-0.05, 0) is 6.92 Å². The van der Waals surface area contributed by atoms with E-state index in [2.05, 4.69) is 4.98 Å². The molecule has 2 heterocycles. The number of pyridine rings is 1. The predicted octanol–water partition coefficient (Wildman–Crippen LogP) is 1.66. The fourth-order valence-corrected chi connectivity index (χ4v) is 1.28. The SMILES string of the molecule is COc1c[nH]c(C)c1OC.[O-][n+]1ccccc1. The molecule has 0 aliphatic carbocycles. The second-order valence-corrected chi connectivity index (χ2v) is 3.25. The summed E-state index contributed by atoms with van der Waals surface area (Å²) in [7, 11) is 3.24. The van der Waals surface area contributed by atoms with Gasteiger partial charge in [-0.15, -0.1) is 0 Å². The standard InChI is InChI=1S/C7H11NO2.C5H5NO/c1-5-7(10-3)6(9-2)4-8-5;7-6-4-2-1-3-5-6/h4,8H,1-3H3;1-5H. The summed E-state index contributed by atoms with van der Waals surface area (Å²) >= 11 is 0. The van der Waals surface area contributed by atoms with E-state index in [9.17, 15) is 5.21 Å². The van der Waals surface area contributed by atoms with Gasteiger partial charge in [0.25, 0.3) is 0 Å². The lowest BCUT2D eigenvalue weighted by atomic mass is 10.4. The van der Waals surface area contributed by atoms with Crippen LogP contribution in [0.25, 0.3) is 0 Å². The Morgan fingerprint density at radius 2 is 1.76 bits per heavy atom. The molecule has 0 spiro atoms. The Hall–Kier alpha value is -2.17. The number of hydrogen-bond donors (Lipinski definition) is 1. The van der Waals surface area contributed by atoms with Gasteiger partial charge in [0, 0.05) is 18.3 Å². The van der Waals surface area contributed by atoms with Crippen molar-refractivity contribution in [2.24, 2.45) is 0 Å². The van der Waals surface area contributed by atoms with Crippen LogP contribution in [0.1, 0.15) is 5.69 Å². The van der Waals surface area contributed by atoms with Gasteiger partial charge in [-0.1, -0.05) is 6.07 Å². The van der Waals surface area contributed by atoms with Crippen LogP contribution in [0.4, 0.5) is 0 Å². The van der Waals surface area contributed by atoms with E-state index in [1.54, 1.807) is 38.6 Å². The normalized spacial score (nSPS) is 9.12. The molecule has 2 aromatic rings. The highest BCUT2D eigenvalue weighted by Crippen LogP contribution is 2.29. The summed E-state index contributed by atoms with van der Waals surface area (Å²) in [6.07, 6.45) is 4.66. The van der Waals surface area contributed by atoms with Crippen molar-refractivity contribution in [3.8, 4) is 11.5 Å². The number of rotatable bonds is 2. The first-order valence-corrected chi connectivity index (χ1v) is 5.08. The van der Waals surface area contributed by atoms with Crippen LogP contribution in [-0.2, 0) is 0 Å². The Morgan fingerprint density at radius 1 is 1.12 bits per heavy atom. The maximum absolute atomic E-state index is 10.2. The number of aromatic amines is 1. The summed E-state index contributed by atoms with van der Waals surface area (Å²) in [5.74, 6) is 1.53. The number of ether oxygens (including phenoxy) is 2. The Bertz CT molecular complexity index is 440. The molecule has 0 fully saturated rings. The molecule has 0 aliphatic rings. The highest BCUT2D eigenvalue weighted by molar-refractivity contribution is 5.42. The largest absolute Gasteiger partial charge is 0.619 e. The molecule has 1 N–H and O–H groups in total. The van der Waals surface area contributed by atoms with Crippen molar-refractivity contribution >= 4 is 0 Å². The fraction of sp³-hybridized carbons (Fsp3) is 0.250. The van der Waals surface area contributed by atoms with Crippen molar-refractivity contribution in [1.82, 2.24) is 4.98 Å². The number of aryl methyl sites for hydroxylation is 1. The molecule has 0 amide bonds. The van der Waals surface area contributed by atoms with Gasteiger partial charge in [0.15, 0.2) is 23.9 Å². The lowest BCUT2D eigenvalue weighted by Gasteiger charge is -2.00. The third-order valence-electron chi connectivity index (χ3n) is 2.10. The number of nitrogens with one attached hydrogen (secondary N) is 1. The molecule has 2 rings (SSSR count). The molecule has 0 bridgehead atoms. The van der Waals surface area contributed by atoms with Gasteiger partial charge in [-0.25, -0.2) is 0 Å². The highest BCUT2D eigenvalue weighted by atomic mass is 16.5. The molecule has 5 heteroatoms. The number of nitrogens with zero attached hydrogens (tertiary/aromatic N) is 1. The first-order valence-electron chi connectivity index (χ1n) is 5.08. The summed E-state index contributed by atoms with van der Waals surface area (Å²) in [4.78, 5) is 2.99. The molecular formula is C12H16N2O3. The number of H-pyrrole nitrogens is 1. The van der Waals surface area contributed by atoms with Gasteiger partial charge < -0.3 is 19.7 Å². The molecule has 0 radical (unpaired) electrons. The van der Waals surface area contributed by atoms with Crippen LogP contribution in [0.2, 0.25) is 0 Å². The summed E-state index contributed by atoms with van der Waals surface area (Å²) in [6, 6.07) is 5.18. The van der Waals surface area contributed by atoms with E-state index in [0.717, 1.165) is 21.9 Å². The average molecular weight is 236 g/mol. The average Bonchev–Trinajstić information content (AvgIpc) is 2.71. The Balaban J connectivity index is 0.000000181. The van der Waals surface area contributed by atoms with Crippen molar-refractivity contribution in [1.29, 1.82) is 0 Å². The van der Waals surface area contributed by atoms with E-state index in [0.29, 0.717) is 0 Å². The van der Waals surface area contributed by atoms with E-state index in [4.69, 9.17) is 9.47 Å². The first-order chi connectivity index (χ1) is 8.19. The zero-order valence-corrected chi connectivity index (χ0v) is 10.1. The zero-order chi connectivity index (χ0) is 12.7. The number of methoxy groups -OCH3 is 2. The Morgan fingerprint density at radius 3 is 2.12 bits per heavy atom. The van der Waals surface area contributed by atoms with Gasteiger partial charge in [-0.3, -0.25) is 0 Å². The van der Waals surface area contributed by atoms with Crippen molar-refractivity contribution in [2.75, 3.05) is 14.2 Å². The van der Waals surface area contributed by atoms with Crippen LogP contribution in [-0.4, -0.2) is 19.2 Å². The fourth-order valence-electron chi connectivity index (χ4n) is 1.28. The molecule has 17 heavy (non-hydrogen) atoms. The lowest BCUT2D eigenvalue weighted by Crippen LogP contribution is -2.22. The molecular weight excluding hydrogens is 220 g/mol. The van der Waals surface area contributed by atoms with Crippen molar-refractivity contribution in [2.45, 2.75) is 6.92 Å². The quantitative estimate of drug-likeness (QED) is 0.637. The third kappa shape index (κ3) is 3.71. The monoisotopic (exact) mass is 236 g/mol. The number of hydrogen-bond acceptors (Lipinski definition) is 3. The van der Waals surface area contributed by atoms with Crippen LogP contribution >= 0.6 is 0 Å². The smallest absolute Gasteiger partial charge is 0.181 e. The summed E-state index contributed by atoms with van der Waals surface area (Å²) in [5, 5.41) is 10.2. The molecule has 0 saturated heterocycles. The van der Waals surface area contributed by atoms with Gasteiger partial charge in [0.05, 0.1) is 19.9 Å².